The summed E-state index contributed by atoms with van der Waals surface area (Å²) >= 11 is 0. The lowest BCUT2D eigenvalue weighted by atomic mass is 9.96. The summed E-state index contributed by atoms with van der Waals surface area (Å²) in [6, 6.07) is -0.884. The largest absolute Gasteiger partial charge is 0.394 e. The smallest absolute Gasteiger partial charge is 0.220 e. The second-order valence-electron chi connectivity index (χ2n) is 25.0. The zero-order chi connectivity index (χ0) is 62.6. The number of unbranched alkanes of at least 4 members (excludes halogenated alkanes) is 33. The molecule has 1 amide bonds. The fourth-order valence-electron chi connectivity index (χ4n) is 11.9. The number of rotatable bonds is 53. The van der Waals surface area contributed by atoms with E-state index in [0.717, 1.165) is 51.4 Å². The molecule has 0 bridgehead atoms. The number of amides is 1. The average molecular weight is 1230 g/mol. The summed E-state index contributed by atoms with van der Waals surface area (Å²) in [6.45, 7) is 1.79. The van der Waals surface area contributed by atoms with Crippen LogP contribution >= 0.6 is 0 Å². The molecule has 12 N–H and O–H groups in total. The summed E-state index contributed by atoms with van der Waals surface area (Å²) in [6.07, 6.45) is 28.5. The first kappa shape index (κ1) is 78.5. The predicted molar refractivity (Wildman–Crippen MR) is 333 cm³/mol. The number of aliphatic hydroxyl groups is 11. The lowest BCUT2D eigenvalue weighted by Gasteiger charge is -2.48. The molecule has 19 heteroatoms. The SMILES string of the molecule is CCCCCCC/C=C\C/C=C\CCCCCCCCCCCCCCCCCCCC(=O)NC(COC1OC(CO)C(OC2OC(CO)C(OC3OC(CO)C(O)C(O)C3O)C(O)C2O)C(O)C1O)C(O)CCCCCCCCCCCCCC. The monoisotopic (exact) mass is 1230 g/mol. The molecule has 3 rings (SSSR count). The Balaban J connectivity index is 1.37. The van der Waals surface area contributed by atoms with Crippen molar-refractivity contribution in [2.75, 3.05) is 26.4 Å². The van der Waals surface area contributed by atoms with E-state index in [4.69, 9.17) is 28.4 Å². The maximum atomic E-state index is 13.4. The number of hydrogen-bond acceptors (Lipinski definition) is 18. The van der Waals surface area contributed by atoms with Crippen LogP contribution in [0.3, 0.4) is 0 Å². The van der Waals surface area contributed by atoms with Crippen molar-refractivity contribution in [2.24, 2.45) is 0 Å². The van der Waals surface area contributed by atoms with E-state index in [1.807, 2.05) is 0 Å². The molecule has 3 aliphatic heterocycles. The Hall–Kier alpha value is -1.73. The van der Waals surface area contributed by atoms with Gasteiger partial charge in [0.05, 0.1) is 38.6 Å². The number of allylic oxidation sites excluding steroid dienone is 4. The summed E-state index contributed by atoms with van der Waals surface area (Å²) < 4.78 is 34.4. The first-order valence-electron chi connectivity index (χ1n) is 34.6. The van der Waals surface area contributed by atoms with Gasteiger partial charge in [0.1, 0.15) is 73.2 Å². The van der Waals surface area contributed by atoms with Gasteiger partial charge in [0, 0.05) is 6.42 Å². The Bertz CT molecular complexity index is 1660. The van der Waals surface area contributed by atoms with Crippen LogP contribution in [0.2, 0.25) is 0 Å². The van der Waals surface area contributed by atoms with Gasteiger partial charge in [-0.15, -0.1) is 0 Å². The van der Waals surface area contributed by atoms with Gasteiger partial charge in [-0.2, -0.15) is 0 Å². The third-order valence-corrected chi connectivity index (χ3v) is 17.5. The Morgan fingerprint density at radius 2 is 0.767 bits per heavy atom. The molecule has 3 saturated heterocycles. The summed E-state index contributed by atoms with van der Waals surface area (Å²) in [5.74, 6) is -0.240. The van der Waals surface area contributed by atoms with Gasteiger partial charge >= 0.3 is 0 Å². The minimum absolute atomic E-state index is 0.240. The predicted octanol–water partition coefficient (Wildman–Crippen LogP) is 8.66. The lowest BCUT2D eigenvalue weighted by Crippen LogP contribution is -2.66. The maximum absolute atomic E-state index is 13.4. The van der Waals surface area contributed by atoms with Crippen molar-refractivity contribution in [1.29, 1.82) is 0 Å². The molecule has 0 aromatic rings. The molecule has 3 heterocycles. The Morgan fingerprint density at radius 3 is 1.19 bits per heavy atom. The van der Waals surface area contributed by atoms with Crippen molar-refractivity contribution < 1.29 is 89.4 Å². The Kier molecular flexibility index (Phi) is 45.6. The second kappa shape index (κ2) is 49.9. The highest BCUT2D eigenvalue weighted by Crippen LogP contribution is 2.33. The summed E-state index contributed by atoms with van der Waals surface area (Å²) in [7, 11) is 0. The van der Waals surface area contributed by atoms with E-state index in [0.29, 0.717) is 12.8 Å². The molecular weight excluding hydrogens is 1110 g/mol. The van der Waals surface area contributed by atoms with E-state index in [1.54, 1.807) is 0 Å². The van der Waals surface area contributed by atoms with E-state index >= 15 is 0 Å². The first-order chi connectivity index (χ1) is 41.8. The molecule has 0 aromatic heterocycles. The highest BCUT2D eigenvalue weighted by atomic mass is 16.8. The fourth-order valence-corrected chi connectivity index (χ4v) is 11.9. The first-order valence-corrected chi connectivity index (χ1v) is 34.6. The quantitative estimate of drug-likeness (QED) is 0.0200. The van der Waals surface area contributed by atoms with Crippen molar-refractivity contribution in [3.63, 3.8) is 0 Å². The third-order valence-electron chi connectivity index (χ3n) is 17.5. The van der Waals surface area contributed by atoms with Crippen molar-refractivity contribution >= 4 is 5.91 Å². The van der Waals surface area contributed by atoms with Crippen LogP contribution in [0, 0.1) is 0 Å². The van der Waals surface area contributed by atoms with Crippen LogP contribution in [0.1, 0.15) is 264 Å². The van der Waals surface area contributed by atoms with Crippen molar-refractivity contribution in [3.05, 3.63) is 24.3 Å². The van der Waals surface area contributed by atoms with Crippen LogP contribution < -0.4 is 5.32 Å². The molecule has 0 radical (unpaired) electrons. The van der Waals surface area contributed by atoms with Gasteiger partial charge in [-0.05, 0) is 44.9 Å². The number of hydrogen-bond donors (Lipinski definition) is 12. The van der Waals surface area contributed by atoms with Crippen molar-refractivity contribution in [1.82, 2.24) is 5.32 Å². The zero-order valence-corrected chi connectivity index (χ0v) is 53.3. The topological polar surface area (TPSA) is 307 Å². The normalized spacial score (nSPS) is 28.9. The van der Waals surface area contributed by atoms with Crippen LogP contribution in [0.4, 0.5) is 0 Å². The highest BCUT2D eigenvalue weighted by molar-refractivity contribution is 5.76. The van der Waals surface area contributed by atoms with Gasteiger partial charge in [-0.25, -0.2) is 0 Å². The van der Waals surface area contributed by atoms with Gasteiger partial charge in [0.15, 0.2) is 18.9 Å². The molecule has 0 aromatic carbocycles. The number of ether oxygens (including phenoxy) is 6. The van der Waals surface area contributed by atoms with Crippen LogP contribution in [0.15, 0.2) is 24.3 Å². The van der Waals surface area contributed by atoms with E-state index in [2.05, 4.69) is 43.5 Å². The maximum Gasteiger partial charge on any atom is 0.220 e. The summed E-state index contributed by atoms with van der Waals surface area (Å²) in [5, 5.41) is 120. The lowest BCUT2D eigenvalue weighted by molar-refractivity contribution is -0.379. The molecular formula is C67H125NO18. The summed E-state index contributed by atoms with van der Waals surface area (Å²) in [4.78, 5) is 13.4. The summed E-state index contributed by atoms with van der Waals surface area (Å²) in [5.41, 5.74) is 0. The molecule has 0 aliphatic carbocycles. The van der Waals surface area contributed by atoms with Gasteiger partial charge in [0.25, 0.3) is 0 Å². The van der Waals surface area contributed by atoms with Gasteiger partial charge < -0.3 is 89.9 Å². The van der Waals surface area contributed by atoms with Crippen LogP contribution in [0.5, 0.6) is 0 Å². The zero-order valence-electron chi connectivity index (χ0n) is 53.3. The number of carbonyl (C=O) groups excluding carboxylic acids is 1. The van der Waals surface area contributed by atoms with Crippen LogP contribution in [-0.4, -0.2) is 193 Å². The highest BCUT2D eigenvalue weighted by Gasteiger charge is 2.53. The molecule has 3 aliphatic rings. The molecule has 17 atom stereocenters. The number of nitrogens with one attached hydrogen (secondary N) is 1. The van der Waals surface area contributed by atoms with E-state index < -0.39 is 124 Å². The molecule has 17 unspecified atom stereocenters. The fraction of sp³-hybridized carbons (Fsp3) is 0.925. The van der Waals surface area contributed by atoms with E-state index in [1.165, 1.54) is 180 Å². The van der Waals surface area contributed by atoms with Crippen LogP contribution in [0.25, 0.3) is 0 Å². The van der Waals surface area contributed by atoms with Gasteiger partial charge in [0.2, 0.25) is 5.91 Å². The average Bonchev–Trinajstić information content (AvgIpc) is 2.62. The molecule has 19 nitrogen and oxygen atoms in total. The minimum atomic E-state index is -1.97. The van der Waals surface area contributed by atoms with Gasteiger partial charge in [-0.1, -0.05) is 237 Å². The molecule has 506 valence electrons. The minimum Gasteiger partial charge on any atom is -0.394 e. The molecule has 0 spiro atoms. The number of aliphatic hydroxyl groups excluding tert-OH is 11. The van der Waals surface area contributed by atoms with E-state index in [-0.39, 0.29) is 18.9 Å². The van der Waals surface area contributed by atoms with Crippen LogP contribution in [-0.2, 0) is 33.2 Å². The number of carbonyl (C=O) groups is 1. The third kappa shape index (κ3) is 32.0. The Morgan fingerprint density at radius 1 is 0.419 bits per heavy atom. The second-order valence-corrected chi connectivity index (χ2v) is 25.0. The molecule has 86 heavy (non-hydrogen) atoms. The van der Waals surface area contributed by atoms with Crippen molar-refractivity contribution in [3.8, 4) is 0 Å². The van der Waals surface area contributed by atoms with Crippen molar-refractivity contribution in [2.45, 2.75) is 369 Å². The molecule has 0 saturated carbocycles. The standard InChI is InChI=1S/C67H125NO18/c1-3-5-7-9-11-13-15-17-18-19-20-21-22-23-24-25-26-27-28-29-30-31-32-33-35-37-39-41-43-45-55(73)68-50(51(72)44-42-40-38-36-34-16-14-12-10-8-6-4-2)49-81-65-61(79)58(76)63(53(47-70)83-65)86-67-62(80)59(77)64(54(48-71)84-67)85-66-60(78)57(75)56(74)52(46-69)82-66/h15,17,19-20,50-54,56-67,69-72,74-80H,3-14,16,18,21-49H2,1-2H3,(H,68,73)/b17-15-,20-19-. The molecule has 3 fully saturated rings. The van der Waals surface area contributed by atoms with E-state index in [9.17, 15) is 61.0 Å². The van der Waals surface area contributed by atoms with Gasteiger partial charge in [-0.3, -0.25) is 4.79 Å². The Labute approximate surface area is 518 Å².